The minimum absolute atomic E-state index is 0.965. The molecule has 2 aliphatic rings. The van der Waals surface area contributed by atoms with E-state index in [2.05, 4.69) is 11.9 Å². The summed E-state index contributed by atoms with van der Waals surface area (Å²) in [7, 11) is 2.31. The number of hydrogen-bond acceptors (Lipinski definition) is 1. The standard InChI is InChI=1S/C11H21N/c1-12(11-7-8-11)9-10-5-3-2-4-6-10/h10-11H,2-9H2,1H3. The molecule has 1 nitrogen and oxygen atoms in total. The molecule has 2 rings (SSSR count). The molecule has 70 valence electrons. The Labute approximate surface area is 76.1 Å². The summed E-state index contributed by atoms with van der Waals surface area (Å²) in [5.41, 5.74) is 0. The van der Waals surface area contributed by atoms with Gasteiger partial charge in [-0.25, -0.2) is 0 Å². The van der Waals surface area contributed by atoms with Gasteiger partial charge in [0.1, 0.15) is 0 Å². The van der Waals surface area contributed by atoms with Gasteiger partial charge in [-0.15, -0.1) is 0 Å². The second-order valence-electron chi connectivity index (χ2n) is 4.67. The average Bonchev–Trinajstić information content (AvgIpc) is 2.88. The van der Waals surface area contributed by atoms with Gasteiger partial charge < -0.3 is 4.90 Å². The molecule has 0 aromatic carbocycles. The number of rotatable bonds is 3. The molecule has 0 aromatic heterocycles. The van der Waals surface area contributed by atoms with Gasteiger partial charge in [0.25, 0.3) is 0 Å². The second kappa shape index (κ2) is 3.78. The second-order valence-corrected chi connectivity index (χ2v) is 4.67. The molecule has 0 saturated heterocycles. The molecule has 0 atom stereocenters. The minimum atomic E-state index is 0.965. The molecule has 0 radical (unpaired) electrons. The van der Waals surface area contributed by atoms with Gasteiger partial charge in [0.15, 0.2) is 0 Å². The molecule has 1 heteroatoms. The van der Waals surface area contributed by atoms with E-state index < -0.39 is 0 Å². The summed E-state index contributed by atoms with van der Waals surface area (Å²) in [6, 6.07) is 0.965. The molecule has 12 heavy (non-hydrogen) atoms. The molecule has 0 unspecified atom stereocenters. The Balaban J connectivity index is 1.69. The van der Waals surface area contributed by atoms with Crippen molar-refractivity contribution in [2.24, 2.45) is 5.92 Å². The van der Waals surface area contributed by atoms with Crippen molar-refractivity contribution in [3.05, 3.63) is 0 Å². The van der Waals surface area contributed by atoms with Gasteiger partial charge in [-0.1, -0.05) is 19.3 Å². The van der Waals surface area contributed by atoms with Gasteiger partial charge >= 0.3 is 0 Å². The summed E-state index contributed by atoms with van der Waals surface area (Å²) < 4.78 is 0. The Bertz CT molecular complexity index is 134. The highest BCUT2D eigenvalue weighted by atomic mass is 15.2. The van der Waals surface area contributed by atoms with Gasteiger partial charge in [0.2, 0.25) is 0 Å². The summed E-state index contributed by atoms with van der Waals surface area (Å²) in [6.07, 6.45) is 10.4. The van der Waals surface area contributed by atoms with Crippen LogP contribution in [-0.2, 0) is 0 Å². The van der Waals surface area contributed by atoms with Crippen molar-refractivity contribution >= 4 is 0 Å². The fraction of sp³-hybridized carbons (Fsp3) is 1.00. The smallest absolute Gasteiger partial charge is 0.00934 e. The van der Waals surface area contributed by atoms with Crippen molar-refractivity contribution in [1.29, 1.82) is 0 Å². The van der Waals surface area contributed by atoms with E-state index in [9.17, 15) is 0 Å². The lowest BCUT2D eigenvalue weighted by molar-refractivity contribution is 0.227. The Morgan fingerprint density at radius 3 is 2.25 bits per heavy atom. The van der Waals surface area contributed by atoms with Crippen LogP contribution in [0.15, 0.2) is 0 Å². The van der Waals surface area contributed by atoms with E-state index in [0.29, 0.717) is 0 Å². The predicted molar refractivity (Wildman–Crippen MR) is 52.2 cm³/mol. The fourth-order valence-electron chi connectivity index (χ4n) is 2.44. The zero-order valence-electron chi connectivity index (χ0n) is 8.26. The monoisotopic (exact) mass is 167 g/mol. The van der Waals surface area contributed by atoms with Crippen LogP contribution >= 0.6 is 0 Å². The Morgan fingerprint density at radius 2 is 1.67 bits per heavy atom. The van der Waals surface area contributed by atoms with Gasteiger partial charge in [0, 0.05) is 12.6 Å². The predicted octanol–water partition coefficient (Wildman–Crippen LogP) is 2.66. The van der Waals surface area contributed by atoms with Crippen molar-refractivity contribution < 1.29 is 0 Å². The average molecular weight is 167 g/mol. The number of nitrogens with zero attached hydrogens (tertiary/aromatic N) is 1. The van der Waals surface area contributed by atoms with Crippen molar-refractivity contribution in [2.75, 3.05) is 13.6 Å². The molecule has 0 heterocycles. The minimum Gasteiger partial charge on any atom is -0.303 e. The fourth-order valence-corrected chi connectivity index (χ4v) is 2.44. The van der Waals surface area contributed by atoms with E-state index in [-0.39, 0.29) is 0 Å². The van der Waals surface area contributed by atoms with E-state index in [1.807, 2.05) is 0 Å². The van der Waals surface area contributed by atoms with Crippen molar-refractivity contribution in [3.63, 3.8) is 0 Å². The van der Waals surface area contributed by atoms with Crippen LogP contribution in [-0.4, -0.2) is 24.5 Å². The first-order valence-electron chi connectivity index (χ1n) is 5.56. The zero-order chi connectivity index (χ0) is 8.39. The van der Waals surface area contributed by atoms with E-state index in [1.54, 1.807) is 0 Å². The highest BCUT2D eigenvalue weighted by Crippen LogP contribution is 2.29. The summed E-state index contributed by atoms with van der Waals surface area (Å²) in [5, 5.41) is 0. The molecule has 2 saturated carbocycles. The van der Waals surface area contributed by atoms with E-state index in [0.717, 1.165) is 12.0 Å². The lowest BCUT2D eigenvalue weighted by atomic mass is 9.89. The first kappa shape index (κ1) is 8.55. The van der Waals surface area contributed by atoms with Crippen LogP contribution in [0.3, 0.4) is 0 Å². The van der Waals surface area contributed by atoms with E-state index >= 15 is 0 Å². The third kappa shape index (κ3) is 2.22. The Kier molecular flexibility index (Phi) is 2.69. The Hall–Kier alpha value is -0.0400. The van der Waals surface area contributed by atoms with Crippen molar-refractivity contribution in [2.45, 2.75) is 51.0 Å². The molecule has 0 aromatic rings. The third-order valence-corrected chi connectivity index (χ3v) is 3.44. The SMILES string of the molecule is CN(CC1CCCCC1)C1CC1. The zero-order valence-corrected chi connectivity index (χ0v) is 8.26. The lowest BCUT2D eigenvalue weighted by Gasteiger charge is -2.26. The highest BCUT2D eigenvalue weighted by molar-refractivity contribution is 4.83. The van der Waals surface area contributed by atoms with Gasteiger partial charge in [0.05, 0.1) is 0 Å². The molecule has 0 amide bonds. The van der Waals surface area contributed by atoms with Crippen LogP contribution < -0.4 is 0 Å². The van der Waals surface area contributed by atoms with Crippen molar-refractivity contribution in [3.8, 4) is 0 Å². The molecule has 0 N–H and O–H groups in total. The topological polar surface area (TPSA) is 3.24 Å². The first-order valence-corrected chi connectivity index (χ1v) is 5.56. The van der Waals surface area contributed by atoms with Crippen LogP contribution in [0.2, 0.25) is 0 Å². The summed E-state index contributed by atoms with van der Waals surface area (Å²) in [6.45, 7) is 1.38. The maximum atomic E-state index is 2.59. The third-order valence-electron chi connectivity index (χ3n) is 3.44. The van der Waals surface area contributed by atoms with Gasteiger partial charge in [-0.05, 0) is 38.6 Å². The molecule has 0 aliphatic heterocycles. The maximum Gasteiger partial charge on any atom is 0.00934 e. The summed E-state index contributed by atoms with van der Waals surface area (Å²) >= 11 is 0. The number of hydrogen-bond donors (Lipinski definition) is 0. The normalized spacial score (nSPS) is 26.5. The van der Waals surface area contributed by atoms with Crippen LogP contribution in [0.25, 0.3) is 0 Å². The van der Waals surface area contributed by atoms with Crippen LogP contribution in [0.1, 0.15) is 44.9 Å². The van der Waals surface area contributed by atoms with E-state index in [1.165, 1.54) is 51.5 Å². The first-order chi connectivity index (χ1) is 5.86. The van der Waals surface area contributed by atoms with Gasteiger partial charge in [-0.3, -0.25) is 0 Å². The summed E-state index contributed by atoms with van der Waals surface area (Å²) in [4.78, 5) is 2.59. The molecule has 2 aliphatic carbocycles. The van der Waals surface area contributed by atoms with E-state index in [4.69, 9.17) is 0 Å². The van der Waals surface area contributed by atoms with Crippen LogP contribution in [0, 0.1) is 5.92 Å². The largest absolute Gasteiger partial charge is 0.303 e. The Morgan fingerprint density at radius 1 is 1.00 bits per heavy atom. The summed E-state index contributed by atoms with van der Waals surface area (Å²) in [5.74, 6) is 1.03. The molecule has 2 fully saturated rings. The van der Waals surface area contributed by atoms with Gasteiger partial charge in [-0.2, -0.15) is 0 Å². The molecular formula is C11H21N. The maximum absolute atomic E-state index is 2.59. The van der Waals surface area contributed by atoms with Crippen molar-refractivity contribution in [1.82, 2.24) is 4.90 Å². The molecule has 0 spiro atoms. The van der Waals surface area contributed by atoms with Crippen LogP contribution in [0.5, 0.6) is 0 Å². The molecular weight excluding hydrogens is 146 g/mol. The lowest BCUT2D eigenvalue weighted by Crippen LogP contribution is -2.28. The molecule has 0 bridgehead atoms. The highest BCUT2D eigenvalue weighted by Gasteiger charge is 2.27. The quantitative estimate of drug-likeness (QED) is 0.624. The van der Waals surface area contributed by atoms with Crippen LogP contribution in [0.4, 0.5) is 0 Å².